The topological polar surface area (TPSA) is 134 Å². The molecule has 0 fully saturated rings. The third kappa shape index (κ3) is 5.14. The molecule has 1 aromatic carbocycles. The van der Waals surface area contributed by atoms with Crippen molar-refractivity contribution in [2.45, 2.75) is 23.7 Å². The lowest BCUT2D eigenvalue weighted by molar-refractivity contribution is 0.0695. The van der Waals surface area contributed by atoms with Crippen LogP contribution < -0.4 is 9.47 Å². The number of ether oxygens (including phenoxy) is 2. The molecule has 3 rings (SSSR count). The summed E-state index contributed by atoms with van der Waals surface area (Å²) in [7, 11) is 0. The van der Waals surface area contributed by atoms with Crippen LogP contribution in [0, 0.1) is 0 Å². The Kier molecular flexibility index (Phi) is 6.19. The van der Waals surface area contributed by atoms with Crippen LogP contribution in [0.15, 0.2) is 37.5 Å². The number of thioether (sulfide) groups is 2. The molecule has 0 saturated heterocycles. The van der Waals surface area contributed by atoms with Crippen LogP contribution in [0.4, 0.5) is 0 Å². The van der Waals surface area contributed by atoms with Crippen LogP contribution in [-0.2, 0) is 13.2 Å². The Labute approximate surface area is 161 Å². The van der Waals surface area contributed by atoms with Crippen LogP contribution in [-0.4, -0.2) is 44.0 Å². The molecule has 0 amide bonds. The maximum atomic E-state index is 11.3. The van der Waals surface area contributed by atoms with E-state index in [1.807, 2.05) is 12.5 Å². The smallest absolute Gasteiger partial charge is 0.335 e. The lowest BCUT2D eigenvalue weighted by atomic mass is 10.2. The number of carbonyl (C=O) groups is 1. The van der Waals surface area contributed by atoms with E-state index in [1.165, 1.54) is 35.7 Å². The molecule has 0 bridgehead atoms. The summed E-state index contributed by atoms with van der Waals surface area (Å²) in [6, 6.07) is 4.29. The van der Waals surface area contributed by atoms with E-state index in [9.17, 15) is 9.90 Å². The second-order valence-corrected chi connectivity index (χ2v) is 6.42. The molecule has 0 unspecified atom stereocenters. The minimum Gasteiger partial charge on any atom is -0.484 e. The first kappa shape index (κ1) is 19.0. The zero-order valence-corrected chi connectivity index (χ0v) is 15.9. The molecule has 2 heterocycles. The van der Waals surface area contributed by atoms with Gasteiger partial charge in [0.1, 0.15) is 11.5 Å². The Balaban J connectivity index is 1.70. The number of rotatable bonds is 9. The molecule has 27 heavy (non-hydrogen) atoms. The maximum absolute atomic E-state index is 11.3. The fraction of sp³-hybridized carbons (Fsp3) is 0.267. The van der Waals surface area contributed by atoms with E-state index in [4.69, 9.17) is 18.3 Å². The molecule has 0 aliphatic rings. The highest BCUT2D eigenvalue weighted by atomic mass is 32.2. The summed E-state index contributed by atoms with van der Waals surface area (Å²) in [6.07, 6.45) is 3.62. The summed E-state index contributed by atoms with van der Waals surface area (Å²) < 4.78 is 21.7. The van der Waals surface area contributed by atoms with Crippen molar-refractivity contribution in [3.8, 4) is 11.5 Å². The number of carboxylic acids is 1. The first-order chi connectivity index (χ1) is 13.1. The number of carboxylic acid groups (broad SMARTS) is 1. The molecule has 0 saturated carbocycles. The summed E-state index contributed by atoms with van der Waals surface area (Å²) in [5, 5.41) is 25.4. The van der Waals surface area contributed by atoms with Gasteiger partial charge in [-0.1, -0.05) is 23.5 Å². The van der Waals surface area contributed by atoms with Crippen LogP contribution in [0.25, 0.3) is 0 Å². The minimum absolute atomic E-state index is 0.00316. The fourth-order valence-corrected chi connectivity index (χ4v) is 2.51. The van der Waals surface area contributed by atoms with E-state index in [1.54, 1.807) is 6.07 Å². The highest BCUT2D eigenvalue weighted by molar-refractivity contribution is 7.98. The third-order valence-electron chi connectivity index (χ3n) is 3.10. The quantitative estimate of drug-likeness (QED) is 0.520. The summed E-state index contributed by atoms with van der Waals surface area (Å²) in [5.41, 5.74) is 0.00756. The normalized spacial score (nSPS) is 10.7. The van der Waals surface area contributed by atoms with Gasteiger partial charge in [-0.05, 0) is 24.6 Å². The van der Waals surface area contributed by atoms with Crippen LogP contribution in [0.1, 0.15) is 22.1 Å². The van der Waals surface area contributed by atoms with Gasteiger partial charge in [-0.15, -0.1) is 20.4 Å². The molecule has 0 aliphatic carbocycles. The number of benzene rings is 1. The van der Waals surface area contributed by atoms with Gasteiger partial charge < -0.3 is 23.4 Å². The molecule has 0 aliphatic heterocycles. The van der Waals surface area contributed by atoms with Crippen molar-refractivity contribution < 1.29 is 28.2 Å². The summed E-state index contributed by atoms with van der Waals surface area (Å²) >= 11 is 2.63. The second-order valence-electron chi connectivity index (χ2n) is 4.91. The number of hydrogen-bond donors (Lipinski definition) is 1. The van der Waals surface area contributed by atoms with Gasteiger partial charge in [-0.3, -0.25) is 0 Å². The van der Waals surface area contributed by atoms with Crippen molar-refractivity contribution in [3.63, 3.8) is 0 Å². The number of nitrogens with zero attached hydrogens (tertiary/aromatic N) is 4. The zero-order valence-electron chi connectivity index (χ0n) is 14.2. The highest BCUT2D eigenvalue weighted by Gasteiger charge is 2.12. The molecule has 0 radical (unpaired) electrons. The van der Waals surface area contributed by atoms with Crippen molar-refractivity contribution in [3.05, 3.63) is 35.5 Å². The van der Waals surface area contributed by atoms with Gasteiger partial charge in [0.2, 0.25) is 0 Å². The zero-order chi connectivity index (χ0) is 19.2. The first-order valence-electron chi connectivity index (χ1n) is 7.44. The van der Waals surface area contributed by atoms with Gasteiger partial charge in [-0.2, -0.15) is 0 Å². The van der Waals surface area contributed by atoms with Crippen molar-refractivity contribution in [2.24, 2.45) is 0 Å². The monoisotopic (exact) mass is 410 g/mol. The minimum atomic E-state index is -1.12. The molecular formula is C15H14N4O6S2. The Bertz CT molecular complexity index is 864. The van der Waals surface area contributed by atoms with E-state index in [0.29, 0.717) is 10.4 Å². The maximum Gasteiger partial charge on any atom is 0.335 e. The molecular weight excluding hydrogens is 396 g/mol. The summed E-state index contributed by atoms with van der Waals surface area (Å²) in [5.74, 6) is -0.000474. The molecule has 12 heteroatoms. The summed E-state index contributed by atoms with van der Waals surface area (Å²) in [6.45, 7) is -0.00632. The van der Waals surface area contributed by atoms with Gasteiger partial charge in [0, 0.05) is 6.07 Å². The average molecular weight is 410 g/mol. The summed E-state index contributed by atoms with van der Waals surface area (Å²) in [4.78, 5) is 11.3. The Morgan fingerprint density at radius 2 is 1.41 bits per heavy atom. The molecule has 0 atom stereocenters. The standard InChI is InChI=1S/C15H14N4O6S2/c1-26-14-18-16-11(24-14)6-22-9-3-8(13(20)21)4-10(5-9)23-7-12-17-19-15(25-12)27-2/h3-5H,6-7H2,1-2H3,(H,20,21). The molecule has 142 valence electrons. The first-order valence-corrected chi connectivity index (χ1v) is 9.89. The molecule has 2 aromatic heterocycles. The van der Waals surface area contributed by atoms with E-state index in [-0.39, 0.29) is 42.1 Å². The predicted molar refractivity (Wildman–Crippen MR) is 94.2 cm³/mol. The number of aromatic nitrogens is 4. The van der Waals surface area contributed by atoms with Gasteiger partial charge >= 0.3 is 5.97 Å². The van der Waals surface area contributed by atoms with E-state index in [0.717, 1.165) is 0 Å². The fourth-order valence-electron chi connectivity index (χ4n) is 1.91. The lowest BCUT2D eigenvalue weighted by Gasteiger charge is -2.09. The SMILES string of the molecule is CSc1nnc(COc2cc(OCc3nnc(SC)o3)cc(C(=O)O)c2)o1. The van der Waals surface area contributed by atoms with Crippen LogP contribution >= 0.6 is 23.5 Å². The van der Waals surface area contributed by atoms with Gasteiger partial charge in [-0.25, -0.2) is 4.79 Å². The molecule has 3 aromatic rings. The van der Waals surface area contributed by atoms with E-state index in [2.05, 4.69) is 20.4 Å². The van der Waals surface area contributed by atoms with Gasteiger partial charge in [0.15, 0.2) is 13.2 Å². The van der Waals surface area contributed by atoms with Gasteiger partial charge in [0.25, 0.3) is 22.2 Å². The number of hydrogen-bond acceptors (Lipinski definition) is 11. The van der Waals surface area contributed by atoms with Crippen LogP contribution in [0.3, 0.4) is 0 Å². The van der Waals surface area contributed by atoms with Crippen LogP contribution in [0.2, 0.25) is 0 Å². The van der Waals surface area contributed by atoms with Crippen molar-refractivity contribution in [1.82, 2.24) is 20.4 Å². The highest BCUT2D eigenvalue weighted by Crippen LogP contribution is 2.25. The molecule has 10 nitrogen and oxygen atoms in total. The van der Waals surface area contributed by atoms with E-state index < -0.39 is 5.97 Å². The lowest BCUT2D eigenvalue weighted by Crippen LogP contribution is -2.02. The average Bonchev–Trinajstić information content (AvgIpc) is 3.33. The Hall–Kier alpha value is -2.73. The molecule has 1 N–H and O–H groups in total. The second kappa shape index (κ2) is 8.77. The largest absolute Gasteiger partial charge is 0.484 e. The van der Waals surface area contributed by atoms with Crippen molar-refractivity contribution in [1.29, 1.82) is 0 Å². The predicted octanol–water partition coefficient (Wildman–Crippen LogP) is 2.75. The molecule has 0 spiro atoms. The Morgan fingerprint density at radius 3 is 1.78 bits per heavy atom. The number of aromatic carboxylic acids is 1. The van der Waals surface area contributed by atoms with E-state index >= 15 is 0 Å². The van der Waals surface area contributed by atoms with Crippen LogP contribution in [0.5, 0.6) is 11.5 Å². The van der Waals surface area contributed by atoms with Crippen molar-refractivity contribution in [2.75, 3.05) is 12.5 Å². The third-order valence-corrected chi connectivity index (χ3v) is 4.13. The van der Waals surface area contributed by atoms with Gasteiger partial charge in [0.05, 0.1) is 5.56 Å². The Morgan fingerprint density at radius 1 is 0.926 bits per heavy atom. The van der Waals surface area contributed by atoms with Crippen molar-refractivity contribution >= 4 is 29.5 Å².